The number of anilines is 1. The Balaban J connectivity index is 1.25. The number of sulfone groups is 1. The first kappa shape index (κ1) is 25.5. The van der Waals surface area contributed by atoms with Crippen molar-refractivity contribution in [2.45, 2.75) is 50.7 Å². The van der Waals surface area contributed by atoms with Gasteiger partial charge in [-0.3, -0.25) is 0 Å². The first-order chi connectivity index (χ1) is 17.6. The summed E-state index contributed by atoms with van der Waals surface area (Å²) in [5.41, 5.74) is 1.10. The van der Waals surface area contributed by atoms with Gasteiger partial charge in [-0.25, -0.2) is 23.4 Å². The van der Waals surface area contributed by atoms with Gasteiger partial charge in [0.1, 0.15) is 16.5 Å². The summed E-state index contributed by atoms with van der Waals surface area (Å²) >= 11 is 1.29. The summed E-state index contributed by atoms with van der Waals surface area (Å²) in [6.07, 6.45) is 2.77. The maximum atomic E-state index is 14.6. The van der Waals surface area contributed by atoms with Gasteiger partial charge in [-0.05, 0) is 49.9 Å². The number of halogens is 1. The monoisotopic (exact) mass is 546 g/mol. The topological polar surface area (TPSA) is 124 Å². The second-order valence-corrected chi connectivity index (χ2v) is 12.4. The molecule has 196 valence electrons. The first-order valence-corrected chi connectivity index (χ1v) is 14.7. The molecule has 13 heteroatoms. The minimum absolute atomic E-state index is 0.0544. The van der Waals surface area contributed by atoms with Crippen LogP contribution in [0.25, 0.3) is 21.6 Å². The fourth-order valence-corrected chi connectivity index (χ4v) is 5.65. The fraction of sp³-hybridized carbons (Fsp3) is 0.458. The van der Waals surface area contributed by atoms with E-state index in [1.54, 1.807) is 12.1 Å². The highest BCUT2D eigenvalue weighted by atomic mass is 32.2. The molecule has 1 fully saturated rings. The smallest absolute Gasteiger partial charge is 0.324 e. The van der Waals surface area contributed by atoms with Crippen LogP contribution < -0.4 is 9.64 Å². The van der Waals surface area contributed by atoms with E-state index in [1.165, 1.54) is 23.5 Å². The Morgan fingerprint density at radius 1 is 1.08 bits per heavy atom. The number of thiazole rings is 1. The molecule has 4 aromatic rings. The summed E-state index contributed by atoms with van der Waals surface area (Å²) in [4.78, 5) is 19.8. The van der Waals surface area contributed by atoms with Gasteiger partial charge in [0.05, 0.1) is 11.3 Å². The van der Waals surface area contributed by atoms with Crippen LogP contribution in [0.3, 0.4) is 0 Å². The van der Waals surface area contributed by atoms with E-state index in [2.05, 4.69) is 30.0 Å². The van der Waals surface area contributed by atoms with E-state index in [9.17, 15) is 12.8 Å². The van der Waals surface area contributed by atoms with Crippen LogP contribution in [-0.4, -0.2) is 59.0 Å². The van der Waals surface area contributed by atoms with Crippen LogP contribution in [0.4, 0.5) is 10.4 Å². The van der Waals surface area contributed by atoms with Crippen molar-refractivity contribution in [1.29, 1.82) is 0 Å². The minimum Gasteiger partial charge on any atom is -0.467 e. The Morgan fingerprint density at radius 2 is 1.84 bits per heavy atom. The lowest BCUT2D eigenvalue weighted by molar-refractivity contribution is 0.131. The second kappa shape index (κ2) is 9.93. The van der Waals surface area contributed by atoms with E-state index in [0.717, 1.165) is 32.2 Å². The minimum atomic E-state index is -3.61. The van der Waals surface area contributed by atoms with E-state index >= 15 is 0 Å². The summed E-state index contributed by atoms with van der Waals surface area (Å²) < 4.78 is 49.4. The fourth-order valence-electron chi connectivity index (χ4n) is 4.22. The van der Waals surface area contributed by atoms with Crippen molar-refractivity contribution in [1.82, 2.24) is 25.1 Å². The normalized spacial score (nSPS) is 16.0. The molecule has 1 aliphatic rings. The van der Waals surface area contributed by atoms with E-state index in [0.29, 0.717) is 39.0 Å². The summed E-state index contributed by atoms with van der Waals surface area (Å²) in [5, 5.41) is 4.23. The largest absolute Gasteiger partial charge is 0.467 e. The van der Waals surface area contributed by atoms with Gasteiger partial charge in [-0.1, -0.05) is 30.3 Å². The van der Waals surface area contributed by atoms with Gasteiger partial charge in [-0.15, -0.1) is 0 Å². The number of rotatable bonds is 7. The molecule has 1 saturated heterocycles. The zero-order valence-corrected chi connectivity index (χ0v) is 22.5. The summed E-state index contributed by atoms with van der Waals surface area (Å²) in [6.45, 7) is 7.72. The van der Waals surface area contributed by atoms with Gasteiger partial charge >= 0.3 is 6.01 Å². The third kappa shape index (κ3) is 5.42. The van der Waals surface area contributed by atoms with Gasteiger partial charge in [0.25, 0.3) is 5.19 Å². The molecule has 37 heavy (non-hydrogen) atoms. The predicted molar refractivity (Wildman–Crippen MR) is 137 cm³/mol. The van der Waals surface area contributed by atoms with Crippen molar-refractivity contribution >= 4 is 37.5 Å². The molecule has 0 radical (unpaired) electrons. The van der Waals surface area contributed by atoms with E-state index in [4.69, 9.17) is 9.26 Å². The molecule has 0 bridgehead atoms. The molecule has 0 aliphatic carbocycles. The van der Waals surface area contributed by atoms with Gasteiger partial charge in [0.2, 0.25) is 5.95 Å². The number of piperidine rings is 1. The average molecular weight is 547 g/mol. The van der Waals surface area contributed by atoms with Crippen molar-refractivity contribution in [2.75, 3.05) is 24.2 Å². The first-order valence-electron chi connectivity index (χ1n) is 12.0. The van der Waals surface area contributed by atoms with Crippen molar-refractivity contribution in [3.8, 4) is 16.5 Å². The number of fused-ring (bicyclic) bond motifs is 1. The third-order valence-corrected chi connectivity index (χ3v) is 8.27. The number of nitrogens with zero attached hydrogens (tertiary/aromatic N) is 6. The van der Waals surface area contributed by atoms with Crippen molar-refractivity contribution < 1.29 is 22.1 Å². The lowest BCUT2D eigenvalue weighted by atomic mass is 9.92. The highest BCUT2D eigenvalue weighted by molar-refractivity contribution is 7.90. The maximum Gasteiger partial charge on any atom is 0.324 e. The molecular formula is C24H27FN6O4S2. The average Bonchev–Trinajstić information content (AvgIpc) is 3.50. The number of ether oxygens (including phenoxy) is 1. The molecule has 0 saturated carbocycles. The molecule has 0 unspecified atom stereocenters. The highest BCUT2D eigenvalue weighted by Gasteiger charge is 2.28. The van der Waals surface area contributed by atoms with Crippen LogP contribution in [0, 0.1) is 11.9 Å². The van der Waals surface area contributed by atoms with Crippen LogP contribution in [0.2, 0.25) is 0 Å². The van der Waals surface area contributed by atoms with E-state index in [-0.39, 0.29) is 22.6 Å². The van der Waals surface area contributed by atoms with Gasteiger partial charge < -0.3 is 14.2 Å². The quantitative estimate of drug-likeness (QED) is 0.306. The zero-order chi connectivity index (χ0) is 26.3. The van der Waals surface area contributed by atoms with Crippen LogP contribution in [0.15, 0.2) is 33.8 Å². The molecule has 5 rings (SSSR count). The Morgan fingerprint density at radius 3 is 2.49 bits per heavy atom. The molecule has 4 aromatic heterocycles. The molecular weight excluding hydrogens is 519 g/mol. The standard InChI is InChI=1S/C24H27FN6O4S2/c1-13(2)21-29-23(35-30-21)31-11-9-15(10-12-31)14(3)34-24-27-18-7-6-17(26-22(18)36-24)16-5-8-19(28-20(16)25)37(4,32)33/h5-8,13-15H,9-12H2,1-4H3/t14-/m0/s1. The summed E-state index contributed by atoms with van der Waals surface area (Å²) in [7, 11) is -3.61. The van der Waals surface area contributed by atoms with E-state index in [1.807, 2.05) is 20.8 Å². The van der Waals surface area contributed by atoms with E-state index < -0.39 is 15.8 Å². The number of aromatic nitrogens is 5. The van der Waals surface area contributed by atoms with Gasteiger partial charge in [0.15, 0.2) is 20.7 Å². The number of hydrogen-bond donors (Lipinski definition) is 0. The Bertz CT molecular complexity index is 1530. The Labute approximate surface area is 217 Å². The van der Waals surface area contributed by atoms with Crippen molar-refractivity contribution in [2.24, 2.45) is 5.92 Å². The lowest BCUT2D eigenvalue weighted by Gasteiger charge is -2.33. The molecule has 0 N–H and O–H groups in total. The molecule has 1 atom stereocenters. The van der Waals surface area contributed by atoms with Crippen molar-refractivity contribution in [3.63, 3.8) is 0 Å². The van der Waals surface area contributed by atoms with Crippen LogP contribution in [0.5, 0.6) is 5.19 Å². The summed E-state index contributed by atoms with van der Waals surface area (Å²) in [5.74, 6) is 0.384. The SMILES string of the molecule is CC(C)c1noc(N2CCC([C@H](C)Oc3nc4ccc(-c5ccc(S(C)(=O)=O)nc5F)nc4s3)CC2)n1. The number of hydrogen-bond acceptors (Lipinski definition) is 11. The van der Waals surface area contributed by atoms with Gasteiger partial charge in [0, 0.05) is 25.3 Å². The Hall–Kier alpha value is -3.19. The second-order valence-electron chi connectivity index (χ2n) is 9.50. The molecule has 5 heterocycles. The molecule has 10 nitrogen and oxygen atoms in total. The van der Waals surface area contributed by atoms with Crippen LogP contribution >= 0.6 is 11.3 Å². The predicted octanol–water partition coefficient (Wildman–Crippen LogP) is 4.49. The van der Waals surface area contributed by atoms with Crippen LogP contribution in [-0.2, 0) is 9.84 Å². The maximum absolute atomic E-state index is 14.6. The molecule has 1 aliphatic heterocycles. The lowest BCUT2D eigenvalue weighted by Crippen LogP contribution is -2.38. The molecule has 0 aromatic carbocycles. The third-order valence-electron chi connectivity index (χ3n) is 6.42. The number of pyridine rings is 2. The molecule has 0 amide bonds. The highest BCUT2D eigenvalue weighted by Crippen LogP contribution is 2.33. The molecule has 0 spiro atoms. The Kier molecular flexibility index (Phi) is 6.84. The van der Waals surface area contributed by atoms with Crippen LogP contribution in [0.1, 0.15) is 45.4 Å². The zero-order valence-electron chi connectivity index (χ0n) is 20.9. The summed E-state index contributed by atoms with van der Waals surface area (Å²) in [6, 6.07) is 6.59. The van der Waals surface area contributed by atoms with Gasteiger partial charge in [-0.2, -0.15) is 9.37 Å². The van der Waals surface area contributed by atoms with Crippen molar-refractivity contribution in [3.05, 3.63) is 36.0 Å².